The van der Waals surface area contributed by atoms with Gasteiger partial charge in [0.1, 0.15) is 13.1 Å². The highest BCUT2D eigenvalue weighted by Gasteiger charge is 2.51. The molecule has 35 heavy (non-hydrogen) atoms. The molecule has 0 fully saturated rings. The summed E-state index contributed by atoms with van der Waals surface area (Å²) in [6, 6.07) is 10.4. The van der Waals surface area contributed by atoms with Crippen LogP contribution in [0.4, 0.5) is 26.3 Å². The Labute approximate surface area is 201 Å². The van der Waals surface area contributed by atoms with E-state index in [-0.39, 0.29) is 4.72 Å². The van der Waals surface area contributed by atoms with Crippen LogP contribution >= 0.6 is 0 Å². The number of alkyl halides is 6. The van der Waals surface area contributed by atoms with E-state index in [1.807, 2.05) is 6.07 Å². The van der Waals surface area contributed by atoms with E-state index in [1.54, 1.807) is 0 Å². The van der Waals surface area contributed by atoms with Crippen molar-refractivity contribution in [1.82, 2.24) is 4.72 Å². The summed E-state index contributed by atoms with van der Waals surface area (Å²) in [5.74, 6) is -3.20. The largest absolute Gasteiger partial charge is 0.516 e. The molecule has 0 aromatic carbocycles. The fourth-order valence-corrected chi connectivity index (χ4v) is 2.77. The highest BCUT2D eigenvalue weighted by atomic mass is 32.2. The Hall–Kier alpha value is -2.70. The maximum absolute atomic E-state index is 11.4. The third kappa shape index (κ3) is 14.3. The average molecular weight is 532 g/mol. The molecule has 0 aliphatic carbocycles. The zero-order valence-corrected chi connectivity index (χ0v) is 20.6. The number of hydrogen-bond acceptors (Lipinski definition) is 3. The topological polar surface area (TPSA) is 71.0 Å². The van der Waals surface area contributed by atoms with Gasteiger partial charge in [-0.1, -0.05) is 32.8 Å². The number of nitrogens with one attached hydrogen (secondary N) is 1. The molecule has 2 rings (SSSR count). The fourth-order valence-electron chi connectivity index (χ4n) is 2.29. The van der Waals surface area contributed by atoms with Crippen LogP contribution in [0.2, 0.25) is 0 Å². The Morgan fingerprint density at radius 3 is 1.77 bits per heavy atom. The molecular weight excluding hydrogens is 500 g/mol. The van der Waals surface area contributed by atoms with Crippen LogP contribution in [0.15, 0.2) is 55.1 Å². The van der Waals surface area contributed by atoms with Gasteiger partial charge in [0.2, 0.25) is 0 Å². The van der Waals surface area contributed by atoms with Gasteiger partial charge in [-0.05, 0) is 13.0 Å². The smallest absolute Gasteiger partial charge is 0.263 e. The van der Waals surface area contributed by atoms with E-state index in [9.17, 15) is 39.6 Å². The van der Waals surface area contributed by atoms with Gasteiger partial charge in [0.15, 0.2) is 24.8 Å². The van der Waals surface area contributed by atoms with Crippen molar-refractivity contribution in [1.29, 1.82) is 0 Å². The molecule has 1 amide bonds. The molecule has 0 unspecified atom stereocenters. The van der Waals surface area contributed by atoms with E-state index < -0.39 is 27.6 Å². The molecule has 6 nitrogen and oxygen atoms in total. The van der Waals surface area contributed by atoms with Gasteiger partial charge in [0, 0.05) is 36.6 Å². The van der Waals surface area contributed by atoms with Crippen molar-refractivity contribution in [2.75, 3.05) is 0 Å². The maximum Gasteiger partial charge on any atom is 0.516 e. The molecule has 198 valence electrons. The van der Waals surface area contributed by atoms with Crippen LogP contribution < -0.4 is 13.9 Å². The van der Waals surface area contributed by atoms with Crippen molar-refractivity contribution in [3.8, 4) is 0 Å². The summed E-state index contributed by atoms with van der Waals surface area (Å²) < 4.78 is 92.4. The molecule has 0 aliphatic heterocycles. The summed E-state index contributed by atoms with van der Waals surface area (Å²) in [7, 11) is -6.30. The summed E-state index contributed by atoms with van der Waals surface area (Å²) >= 11 is 0. The minimum Gasteiger partial charge on any atom is -0.263 e. The van der Waals surface area contributed by atoms with Crippen LogP contribution in [0.3, 0.4) is 0 Å². The number of sulfonamides is 1. The van der Waals surface area contributed by atoms with E-state index in [1.165, 1.54) is 31.2 Å². The number of aryl methyl sites for hydroxylation is 3. The number of rotatable bonds is 7. The van der Waals surface area contributed by atoms with Gasteiger partial charge in [-0.15, -0.1) is 0 Å². The molecule has 0 saturated heterocycles. The third-order valence-corrected chi connectivity index (χ3v) is 5.18. The number of amides is 1. The summed E-state index contributed by atoms with van der Waals surface area (Å²) in [4.78, 5) is 9.81. The summed E-state index contributed by atoms with van der Waals surface area (Å²) in [5, 5.41) is 0. The standard InChI is InChI=1S/C10H16N.C9H14N.C3HF6NO3S/c1-3-4-7-11-8-5-6-10(2)9-11;1-2-3-7-10-8-5-4-6-9-10;4-2(5,6)1(11)10-14(12,13)3(7,8)9/h5-6,8-9H,3-4,7H2,1-2H3;4-6,8-9H,2-3,7H2,1H3;(H,10,11)/q2*+1;. The van der Waals surface area contributed by atoms with Crippen molar-refractivity contribution in [2.24, 2.45) is 0 Å². The van der Waals surface area contributed by atoms with Crippen LogP contribution in [0.25, 0.3) is 0 Å². The number of hydrogen-bond donors (Lipinski definition) is 1. The van der Waals surface area contributed by atoms with E-state index in [0.717, 1.165) is 13.1 Å². The predicted octanol–water partition coefficient (Wildman–Crippen LogP) is 4.37. The van der Waals surface area contributed by atoms with Gasteiger partial charge in [0.05, 0.1) is 0 Å². The summed E-state index contributed by atoms with van der Waals surface area (Å²) in [6.45, 7) is 8.86. The molecule has 0 bridgehead atoms. The van der Waals surface area contributed by atoms with E-state index in [4.69, 9.17) is 0 Å². The van der Waals surface area contributed by atoms with E-state index in [0.29, 0.717) is 0 Å². The number of unbranched alkanes of at least 4 members (excludes halogenated alkanes) is 2. The number of halogens is 6. The van der Waals surface area contributed by atoms with Gasteiger partial charge < -0.3 is 0 Å². The molecule has 13 heteroatoms. The molecule has 0 radical (unpaired) electrons. The lowest BCUT2D eigenvalue weighted by atomic mass is 10.3. The zero-order valence-electron chi connectivity index (χ0n) is 19.7. The van der Waals surface area contributed by atoms with Gasteiger partial charge in [-0.25, -0.2) is 13.9 Å². The first-order valence-electron chi connectivity index (χ1n) is 10.7. The lowest BCUT2D eigenvalue weighted by Crippen LogP contribution is -2.46. The highest BCUT2D eigenvalue weighted by molar-refractivity contribution is 7.90. The van der Waals surface area contributed by atoms with Gasteiger partial charge in [-0.2, -0.15) is 34.8 Å². The van der Waals surface area contributed by atoms with Gasteiger partial charge in [-0.3, -0.25) is 4.79 Å². The van der Waals surface area contributed by atoms with Crippen molar-refractivity contribution in [3.63, 3.8) is 0 Å². The summed E-state index contributed by atoms with van der Waals surface area (Å²) in [6.07, 6.45) is 7.91. The zero-order chi connectivity index (χ0) is 27.1. The molecule has 0 aliphatic rings. The molecule has 2 aromatic heterocycles. The fraction of sp³-hybridized carbons (Fsp3) is 0.500. The van der Waals surface area contributed by atoms with Crippen LogP contribution in [0.1, 0.15) is 45.1 Å². The highest BCUT2D eigenvalue weighted by Crippen LogP contribution is 2.23. The van der Waals surface area contributed by atoms with Crippen molar-refractivity contribution in [3.05, 3.63) is 60.7 Å². The Balaban J connectivity index is 0.000000502. The molecule has 2 heterocycles. The molecule has 0 atom stereocenters. The van der Waals surface area contributed by atoms with Crippen LogP contribution in [0.5, 0.6) is 0 Å². The van der Waals surface area contributed by atoms with Gasteiger partial charge >= 0.3 is 27.6 Å². The quantitative estimate of drug-likeness (QED) is 0.426. The number of aromatic nitrogens is 2. The van der Waals surface area contributed by atoms with Crippen LogP contribution in [-0.4, -0.2) is 26.0 Å². The summed E-state index contributed by atoms with van der Waals surface area (Å²) in [5.41, 5.74) is -4.63. The number of nitrogens with zero attached hydrogens (tertiary/aromatic N) is 2. The molecule has 1 N–H and O–H groups in total. The number of carbonyl (C=O) groups is 1. The third-order valence-electron chi connectivity index (χ3n) is 4.11. The first-order valence-corrected chi connectivity index (χ1v) is 12.2. The monoisotopic (exact) mass is 531 g/mol. The number of pyridine rings is 2. The van der Waals surface area contributed by atoms with Crippen molar-refractivity contribution in [2.45, 2.75) is 71.2 Å². The normalized spacial score (nSPS) is 11.5. The molecular formula is C22H31F6N3O3S+2. The SMILES string of the molecule is CCCC[n+]1cccc(C)c1.CCCC[n+]1ccccc1.O=C(NS(=O)(=O)C(F)(F)F)C(F)(F)F. The molecule has 0 saturated carbocycles. The first-order chi connectivity index (χ1) is 16.1. The Morgan fingerprint density at radius 1 is 0.857 bits per heavy atom. The van der Waals surface area contributed by atoms with Crippen molar-refractivity contribution < 1.29 is 48.7 Å². The Bertz CT molecular complexity index is 982. The van der Waals surface area contributed by atoms with Gasteiger partial charge in [0.25, 0.3) is 0 Å². The Kier molecular flexibility index (Phi) is 14.1. The van der Waals surface area contributed by atoms with Crippen LogP contribution in [0, 0.1) is 6.92 Å². The Morgan fingerprint density at radius 2 is 1.34 bits per heavy atom. The lowest BCUT2D eigenvalue weighted by molar-refractivity contribution is -0.697. The van der Waals surface area contributed by atoms with Crippen molar-refractivity contribution >= 4 is 15.9 Å². The van der Waals surface area contributed by atoms with E-state index in [2.05, 4.69) is 79.0 Å². The number of carbonyl (C=O) groups excluding carboxylic acids is 1. The average Bonchev–Trinajstić information content (AvgIpc) is 2.76. The predicted molar refractivity (Wildman–Crippen MR) is 117 cm³/mol. The molecule has 0 spiro atoms. The second kappa shape index (κ2) is 15.3. The molecule has 2 aromatic rings. The second-order valence-electron chi connectivity index (χ2n) is 7.32. The minimum atomic E-state index is -6.30. The lowest BCUT2D eigenvalue weighted by Gasteiger charge is -2.10. The van der Waals surface area contributed by atoms with E-state index >= 15 is 0 Å². The van der Waals surface area contributed by atoms with Crippen LogP contribution in [-0.2, 0) is 27.9 Å². The second-order valence-corrected chi connectivity index (χ2v) is 8.99. The first kappa shape index (κ1) is 32.3. The minimum absolute atomic E-state index is 0.181. The maximum atomic E-state index is 11.4.